The smallest absolute Gasteiger partial charge is 0.127 e. The molecule has 1 atom stereocenters. The molecule has 1 heteroatoms. The Bertz CT molecular complexity index is 377. The Morgan fingerprint density at radius 3 is 3.00 bits per heavy atom. The minimum absolute atomic E-state index is 0.169. The Morgan fingerprint density at radius 2 is 2.21 bits per heavy atom. The molecule has 0 fully saturated rings. The fourth-order valence-corrected chi connectivity index (χ4v) is 1.68. The summed E-state index contributed by atoms with van der Waals surface area (Å²) in [5.41, 5.74) is 2.44. The lowest BCUT2D eigenvalue weighted by atomic mass is 10.0. The van der Waals surface area contributed by atoms with E-state index in [2.05, 4.69) is 25.6 Å². The van der Waals surface area contributed by atoms with Gasteiger partial charge in [-0.2, -0.15) is 0 Å². The van der Waals surface area contributed by atoms with Crippen LogP contribution < -0.4 is 4.74 Å². The minimum atomic E-state index is 0.169. The summed E-state index contributed by atoms with van der Waals surface area (Å²) in [6, 6.07) is 8.11. The van der Waals surface area contributed by atoms with Gasteiger partial charge >= 0.3 is 0 Å². The maximum atomic E-state index is 5.85. The monoisotopic (exact) mass is 186 g/mol. The van der Waals surface area contributed by atoms with Crippen molar-refractivity contribution in [1.82, 2.24) is 0 Å². The molecule has 0 amide bonds. The molecule has 0 N–H and O–H groups in total. The van der Waals surface area contributed by atoms with Crippen LogP contribution in [0.15, 0.2) is 42.5 Å². The van der Waals surface area contributed by atoms with Crippen LogP contribution in [0.5, 0.6) is 5.75 Å². The van der Waals surface area contributed by atoms with Crippen molar-refractivity contribution in [2.45, 2.75) is 19.4 Å². The zero-order valence-electron chi connectivity index (χ0n) is 8.36. The maximum absolute atomic E-state index is 5.85. The lowest BCUT2D eigenvalue weighted by molar-refractivity contribution is 0.237. The molecule has 0 radical (unpaired) electrons. The molecule has 72 valence electrons. The number of fused-ring (bicyclic) bond motifs is 1. The van der Waals surface area contributed by atoms with E-state index in [9.17, 15) is 0 Å². The predicted molar refractivity (Wildman–Crippen MR) is 59.3 cm³/mol. The average Bonchev–Trinajstić information content (AvgIpc) is 2.19. The molecule has 0 aromatic heterocycles. The SMILES string of the molecule is C=CCC1Oc2ccccc2C=C1C. The summed E-state index contributed by atoms with van der Waals surface area (Å²) >= 11 is 0. The van der Waals surface area contributed by atoms with Crippen LogP contribution in [0.1, 0.15) is 18.9 Å². The molecule has 1 aromatic carbocycles. The van der Waals surface area contributed by atoms with Crippen LogP contribution in [0.3, 0.4) is 0 Å². The highest BCUT2D eigenvalue weighted by atomic mass is 16.5. The molecule has 0 spiro atoms. The van der Waals surface area contributed by atoms with E-state index in [1.54, 1.807) is 0 Å². The van der Waals surface area contributed by atoms with Crippen LogP contribution in [0, 0.1) is 0 Å². The number of benzene rings is 1. The van der Waals surface area contributed by atoms with Crippen molar-refractivity contribution in [1.29, 1.82) is 0 Å². The highest BCUT2D eigenvalue weighted by molar-refractivity contribution is 5.62. The molecule has 1 aliphatic rings. The first kappa shape index (κ1) is 9.07. The molecule has 1 aromatic rings. The van der Waals surface area contributed by atoms with Gasteiger partial charge in [0.1, 0.15) is 11.9 Å². The third-order valence-corrected chi connectivity index (χ3v) is 2.46. The molecule has 2 rings (SSSR count). The second kappa shape index (κ2) is 3.70. The topological polar surface area (TPSA) is 9.23 Å². The maximum Gasteiger partial charge on any atom is 0.127 e. The average molecular weight is 186 g/mol. The van der Waals surface area contributed by atoms with Crippen LogP contribution >= 0.6 is 0 Å². The molecule has 0 aliphatic carbocycles. The number of hydrogen-bond acceptors (Lipinski definition) is 1. The molecule has 1 heterocycles. The van der Waals surface area contributed by atoms with E-state index in [4.69, 9.17) is 4.74 Å². The summed E-state index contributed by atoms with van der Waals surface area (Å²) in [7, 11) is 0. The molecular formula is C13H14O. The van der Waals surface area contributed by atoms with Crippen LogP contribution in [0.4, 0.5) is 0 Å². The zero-order chi connectivity index (χ0) is 9.97. The van der Waals surface area contributed by atoms with Gasteiger partial charge in [-0.05, 0) is 24.6 Å². The number of rotatable bonds is 2. The van der Waals surface area contributed by atoms with Gasteiger partial charge in [0.25, 0.3) is 0 Å². The van der Waals surface area contributed by atoms with Crippen molar-refractivity contribution >= 4 is 6.08 Å². The summed E-state index contributed by atoms with van der Waals surface area (Å²) in [4.78, 5) is 0. The van der Waals surface area contributed by atoms with Crippen molar-refractivity contribution in [3.8, 4) is 5.75 Å². The van der Waals surface area contributed by atoms with Crippen LogP contribution in [0.2, 0.25) is 0 Å². The third kappa shape index (κ3) is 1.58. The quantitative estimate of drug-likeness (QED) is 0.643. The second-order valence-corrected chi connectivity index (χ2v) is 3.56. The summed E-state index contributed by atoms with van der Waals surface area (Å²) in [5.74, 6) is 0.977. The molecule has 0 bridgehead atoms. The number of ether oxygens (including phenoxy) is 1. The first-order chi connectivity index (χ1) is 6.81. The van der Waals surface area contributed by atoms with Gasteiger partial charge in [-0.25, -0.2) is 0 Å². The second-order valence-electron chi connectivity index (χ2n) is 3.56. The van der Waals surface area contributed by atoms with Gasteiger partial charge < -0.3 is 4.74 Å². The van der Waals surface area contributed by atoms with Crippen molar-refractivity contribution in [3.63, 3.8) is 0 Å². The molecule has 0 saturated heterocycles. The Morgan fingerprint density at radius 1 is 1.43 bits per heavy atom. The van der Waals surface area contributed by atoms with Gasteiger partial charge in [-0.1, -0.05) is 24.3 Å². The third-order valence-electron chi connectivity index (χ3n) is 2.46. The zero-order valence-corrected chi connectivity index (χ0v) is 8.36. The van der Waals surface area contributed by atoms with Gasteiger partial charge in [0.05, 0.1) is 0 Å². The Kier molecular flexibility index (Phi) is 2.40. The molecule has 1 nitrogen and oxygen atoms in total. The van der Waals surface area contributed by atoms with Gasteiger partial charge in [0.2, 0.25) is 0 Å². The minimum Gasteiger partial charge on any atom is -0.485 e. The van der Waals surface area contributed by atoms with Crippen molar-refractivity contribution < 1.29 is 4.74 Å². The standard InChI is InChI=1S/C13H14O/c1-3-6-12-10(2)9-11-7-4-5-8-13(11)14-12/h3-5,7-9,12H,1,6H2,2H3. The van der Waals surface area contributed by atoms with E-state index in [1.165, 1.54) is 11.1 Å². The molecule has 0 saturated carbocycles. The van der Waals surface area contributed by atoms with E-state index in [1.807, 2.05) is 24.3 Å². The van der Waals surface area contributed by atoms with E-state index >= 15 is 0 Å². The van der Waals surface area contributed by atoms with E-state index in [-0.39, 0.29) is 6.10 Å². The van der Waals surface area contributed by atoms with Crippen molar-refractivity contribution in [3.05, 3.63) is 48.1 Å². The van der Waals surface area contributed by atoms with Gasteiger partial charge in [-0.15, -0.1) is 6.58 Å². The predicted octanol–water partition coefficient (Wildman–Crippen LogP) is 3.43. The summed E-state index contributed by atoms with van der Waals surface area (Å²) in [6.07, 6.45) is 5.13. The summed E-state index contributed by atoms with van der Waals surface area (Å²) < 4.78 is 5.85. The Labute approximate surface area is 84.7 Å². The number of para-hydroxylation sites is 1. The van der Waals surface area contributed by atoms with Gasteiger partial charge in [0, 0.05) is 12.0 Å². The summed E-state index contributed by atoms with van der Waals surface area (Å²) in [6.45, 7) is 5.84. The van der Waals surface area contributed by atoms with Gasteiger partial charge in [0.15, 0.2) is 0 Å². The molecule has 1 unspecified atom stereocenters. The van der Waals surface area contributed by atoms with Crippen molar-refractivity contribution in [2.24, 2.45) is 0 Å². The molecule has 14 heavy (non-hydrogen) atoms. The lowest BCUT2D eigenvalue weighted by Crippen LogP contribution is -2.20. The van der Waals surface area contributed by atoms with Crippen molar-refractivity contribution in [2.75, 3.05) is 0 Å². The van der Waals surface area contributed by atoms with Gasteiger partial charge in [-0.3, -0.25) is 0 Å². The first-order valence-corrected chi connectivity index (χ1v) is 4.86. The Hall–Kier alpha value is -1.50. The summed E-state index contributed by atoms with van der Waals surface area (Å²) in [5, 5.41) is 0. The van der Waals surface area contributed by atoms with E-state index in [0.29, 0.717) is 0 Å². The largest absolute Gasteiger partial charge is 0.485 e. The molecular weight excluding hydrogens is 172 g/mol. The fraction of sp³-hybridized carbons (Fsp3) is 0.231. The first-order valence-electron chi connectivity index (χ1n) is 4.86. The fourth-order valence-electron chi connectivity index (χ4n) is 1.68. The highest BCUT2D eigenvalue weighted by Crippen LogP contribution is 2.30. The van der Waals surface area contributed by atoms with Crippen LogP contribution in [0.25, 0.3) is 6.08 Å². The molecule has 1 aliphatic heterocycles. The highest BCUT2D eigenvalue weighted by Gasteiger charge is 2.17. The van der Waals surface area contributed by atoms with E-state index < -0.39 is 0 Å². The number of hydrogen-bond donors (Lipinski definition) is 0. The Balaban J connectivity index is 2.33. The normalized spacial score (nSPS) is 19.2. The van der Waals surface area contributed by atoms with Crippen LogP contribution in [-0.2, 0) is 0 Å². The van der Waals surface area contributed by atoms with E-state index in [0.717, 1.165) is 12.2 Å². The van der Waals surface area contributed by atoms with Crippen LogP contribution in [-0.4, -0.2) is 6.10 Å². The lowest BCUT2D eigenvalue weighted by Gasteiger charge is -2.24.